The maximum absolute atomic E-state index is 12.9. The number of hydrogen-bond acceptors (Lipinski definition) is 4. The van der Waals surface area contributed by atoms with Gasteiger partial charge in [-0.2, -0.15) is 0 Å². The highest BCUT2D eigenvalue weighted by Crippen LogP contribution is 2.44. The summed E-state index contributed by atoms with van der Waals surface area (Å²) < 4.78 is 6.33. The number of hydrogen-bond donors (Lipinski definition) is 0. The van der Waals surface area contributed by atoms with E-state index in [2.05, 4.69) is 16.3 Å². The number of likely N-dealkylation sites (tertiary alicyclic amines) is 1. The predicted octanol–water partition coefficient (Wildman–Crippen LogP) is 4.21. The first-order valence-electron chi connectivity index (χ1n) is 10.4. The Bertz CT molecular complexity index is 858. The normalized spacial score (nSPS) is 19.7. The van der Waals surface area contributed by atoms with E-state index in [1.807, 2.05) is 49.7 Å². The number of benzene rings is 1. The molecule has 1 amide bonds. The third kappa shape index (κ3) is 4.38. The van der Waals surface area contributed by atoms with Gasteiger partial charge in [0.15, 0.2) is 0 Å². The van der Waals surface area contributed by atoms with Gasteiger partial charge in [-0.15, -0.1) is 11.3 Å². The summed E-state index contributed by atoms with van der Waals surface area (Å²) in [5.41, 5.74) is 2.40. The Kier molecular flexibility index (Phi) is 6.30. The molecule has 4 rings (SSSR count). The number of amides is 1. The van der Waals surface area contributed by atoms with E-state index >= 15 is 0 Å². The fourth-order valence-electron chi connectivity index (χ4n) is 4.66. The molecule has 2 aromatic rings. The first kappa shape index (κ1) is 20.9. The first-order chi connectivity index (χ1) is 14.0. The molecule has 2 aliphatic rings. The molecular formula is C23H29ClN2O2S. The topological polar surface area (TPSA) is 32.8 Å². The number of thiophene rings is 1. The second-order valence-electron chi connectivity index (χ2n) is 8.39. The molecule has 1 spiro atoms. The smallest absolute Gasteiger partial charge is 0.226 e. The van der Waals surface area contributed by atoms with Crippen molar-refractivity contribution in [3.8, 4) is 0 Å². The number of fused-ring (bicyclic) bond motifs is 2. The lowest BCUT2D eigenvalue weighted by molar-refractivity contribution is -0.134. The molecule has 0 bridgehead atoms. The first-order valence-corrected chi connectivity index (χ1v) is 11.6. The average Bonchev–Trinajstić information content (AvgIpc) is 3.21. The number of carbonyl (C=O) groups excluding carboxylic acids is 1. The van der Waals surface area contributed by atoms with Crippen LogP contribution < -0.4 is 0 Å². The molecule has 1 atom stereocenters. The second kappa shape index (κ2) is 8.76. The van der Waals surface area contributed by atoms with Crippen molar-refractivity contribution in [2.24, 2.45) is 5.92 Å². The average molecular weight is 433 g/mol. The van der Waals surface area contributed by atoms with Gasteiger partial charge < -0.3 is 14.5 Å². The van der Waals surface area contributed by atoms with Gasteiger partial charge in [0, 0.05) is 43.6 Å². The van der Waals surface area contributed by atoms with E-state index in [1.54, 1.807) is 4.90 Å². The van der Waals surface area contributed by atoms with Crippen LogP contribution in [-0.4, -0.2) is 56.0 Å². The zero-order chi connectivity index (χ0) is 20.4. The van der Waals surface area contributed by atoms with Crippen LogP contribution >= 0.6 is 22.9 Å². The van der Waals surface area contributed by atoms with Crippen molar-refractivity contribution in [2.75, 3.05) is 40.3 Å². The summed E-state index contributed by atoms with van der Waals surface area (Å²) in [4.78, 5) is 18.5. The predicted molar refractivity (Wildman–Crippen MR) is 119 cm³/mol. The fourth-order valence-corrected chi connectivity index (χ4v) is 6.04. The van der Waals surface area contributed by atoms with Crippen molar-refractivity contribution in [1.29, 1.82) is 0 Å². The fraction of sp³-hybridized carbons (Fsp3) is 0.522. The molecule has 0 saturated carbocycles. The van der Waals surface area contributed by atoms with E-state index in [0.717, 1.165) is 56.1 Å². The van der Waals surface area contributed by atoms with Gasteiger partial charge >= 0.3 is 0 Å². The zero-order valence-electron chi connectivity index (χ0n) is 17.2. The van der Waals surface area contributed by atoms with E-state index in [-0.39, 0.29) is 17.4 Å². The molecular weight excluding hydrogens is 404 g/mol. The number of piperidine rings is 1. The van der Waals surface area contributed by atoms with Crippen LogP contribution in [0.25, 0.3) is 0 Å². The van der Waals surface area contributed by atoms with Crippen LogP contribution in [0.5, 0.6) is 0 Å². The zero-order valence-corrected chi connectivity index (χ0v) is 18.8. The lowest BCUT2D eigenvalue weighted by Gasteiger charge is -2.44. The number of ether oxygens (including phenoxy) is 1. The van der Waals surface area contributed by atoms with E-state index in [0.29, 0.717) is 6.42 Å². The maximum Gasteiger partial charge on any atom is 0.226 e. The number of carbonyl (C=O) groups is 1. The van der Waals surface area contributed by atoms with Crippen molar-refractivity contribution in [1.82, 2.24) is 9.80 Å². The molecule has 3 heterocycles. The number of nitrogens with zero attached hydrogens (tertiary/aromatic N) is 2. The summed E-state index contributed by atoms with van der Waals surface area (Å²) in [6.07, 6.45) is 3.69. The molecule has 0 radical (unpaired) electrons. The highest BCUT2D eigenvalue weighted by molar-refractivity contribution is 7.10. The molecule has 0 unspecified atom stereocenters. The molecule has 1 saturated heterocycles. The summed E-state index contributed by atoms with van der Waals surface area (Å²) in [5, 5.41) is 2.94. The summed E-state index contributed by atoms with van der Waals surface area (Å²) in [5.74, 6) is 0.0724. The van der Waals surface area contributed by atoms with E-state index in [4.69, 9.17) is 16.3 Å². The Morgan fingerprint density at radius 3 is 2.76 bits per heavy atom. The molecule has 4 nitrogen and oxygen atoms in total. The van der Waals surface area contributed by atoms with Gasteiger partial charge in [-0.3, -0.25) is 4.79 Å². The molecule has 29 heavy (non-hydrogen) atoms. The van der Waals surface area contributed by atoms with Crippen molar-refractivity contribution in [3.63, 3.8) is 0 Å². The Morgan fingerprint density at radius 2 is 2.03 bits per heavy atom. The van der Waals surface area contributed by atoms with Gasteiger partial charge in [0.05, 0.1) is 12.5 Å². The lowest BCUT2D eigenvalue weighted by atomic mass is 9.85. The van der Waals surface area contributed by atoms with Crippen LogP contribution in [0.3, 0.4) is 0 Å². The summed E-state index contributed by atoms with van der Waals surface area (Å²) in [6.45, 7) is 3.49. The van der Waals surface area contributed by atoms with Crippen LogP contribution in [-0.2, 0) is 28.0 Å². The highest BCUT2D eigenvalue weighted by atomic mass is 35.5. The van der Waals surface area contributed by atoms with E-state index < -0.39 is 0 Å². The Hall–Kier alpha value is -1.40. The Labute approximate surface area is 182 Å². The van der Waals surface area contributed by atoms with Crippen molar-refractivity contribution in [3.05, 3.63) is 56.7 Å². The Morgan fingerprint density at radius 1 is 1.28 bits per heavy atom. The number of rotatable bonds is 5. The minimum absolute atomic E-state index is 0.0940. The second-order valence-corrected chi connectivity index (χ2v) is 9.72. The standard InChI is InChI=1S/C23H29ClN2O2S/c1-25(2)22(27)19(15-18-5-3-4-6-20(18)24)16-26-11-9-23(10-12-26)21-17(7-13-28-23)8-14-29-21/h3-6,8,14,19H,7,9-13,15-16H2,1-2H3/t19-/m1/s1. The largest absolute Gasteiger partial charge is 0.369 e. The molecule has 1 aromatic heterocycles. The molecule has 156 valence electrons. The van der Waals surface area contributed by atoms with Gasteiger partial charge in [-0.25, -0.2) is 0 Å². The summed E-state index contributed by atoms with van der Waals surface area (Å²) in [7, 11) is 3.67. The Balaban J connectivity index is 1.44. The third-order valence-electron chi connectivity index (χ3n) is 6.27. The van der Waals surface area contributed by atoms with Crippen molar-refractivity contribution < 1.29 is 9.53 Å². The van der Waals surface area contributed by atoms with Crippen molar-refractivity contribution in [2.45, 2.75) is 31.3 Å². The number of halogens is 1. The molecule has 2 aliphatic heterocycles. The molecule has 0 aliphatic carbocycles. The lowest BCUT2D eigenvalue weighted by Crippen LogP contribution is -2.48. The van der Waals surface area contributed by atoms with E-state index in [9.17, 15) is 4.79 Å². The van der Waals surface area contributed by atoms with Crippen LogP contribution in [0.15, 0.2) is 35.7 Å². The minimum Gasteiger partial charge on any atom is -0.369 e. The monoisotopic (exact) mass is 432 g/mol. The van der Waals surface area contributed by atoms with Crippen LogP contribution in [0.2, 0.25) is 5.02 Å². The minimum atomic E-state index is -0.109. The van der Waals surface area contributed by atoms with Gasteiger partial charge in [-0.1, -0.05) is 29.8 Å². The SMILES string of the molecule is CN(C)C(=O)[C@H](Cc1ccccc1Cl)CN1CCC2(CC1)OCCc1ccsc12. The van der Waals surface area contributed by atoms with Gasteiger partial charge in [-0.05, 0) is 54.3 Å². The highest BCUT2D eigenvalue weighted by Gasteiger charge is 2.42. The molecule has 1 aromatic carbocycles. The quantitative estimate of drug-likeness (QED) is 0.709. The molecule has 0 N–H and O–H groups in total. The molecule has 1 fully saturated rings. The maximum atomic E-state index is 12.9. The third-order valence-corrected chi connectivity index (χ3v) is 7.78. The van der Waals surface area contributed by atoms with Crippen molar-refractivity contribution >= 4 is 28.8 Å². The summed E-state index contributed by atoms with van der Waals surface area (Å²) >= 11 is 8.22. The molecule has 6 heteroatoms. The van der Waals surface area contributed by atoms with Crippen LogP contribution in [0.4, 0.5) is 0 Å². The van der Waals surface area contributed by atoms with Gasteiger partial charge in [0.25, 0.3) is 0 Å². The summed E-state index contributed by atoms with van der Waals surface area (Å²) in [6, 6.07) is 10.1. The van der Waals surface area contributed by atoms with Gasteiger partial charge in [0.1, 0.15) is 5.60 Å². The van der Waals surface area contributed by atoms with Gasteiger partial charge in [0.2, 0.25) is 5.91 Å². The van der Waals surface area contributed by atoms with Crippen LogP contribution in [0.1, 0.15) is 28.8 Å². The van der Waals surface area contributed by atoms with E-state index in [1.165, 1.54) is 10.4 Å². The van der Waals surface area contributed by atoms with Crippen LogP contribution in [0, 0.1) is 5.92 Å².